The van der Waals surface area contributed by atoms with Gasteiger partial charge in [0.1, 0.15) is 22.8 Å². The Morgan fingerprint density at radius 1 is 1.07 bits per heavy atom. The number of hydrogen-bond acceptors (Lipinski definition) is 9. The first-order valence-electron chi connectivity index (χ1n) is 13.2. The second kappa shape index (κ2) is 9.86. The Labute approximate surface area is 235 Å². The van der Waals surface area contributed by atoms with Crippen LogP contribution in [0.3, 0.4) is 0 Å². The maximum atomic E-state index is 13.9. The summed E-state index contributed by atoms with van der Waals surface area (Å²) >= 11 is 0. The minimum Gasteiger partial charge on any atom is -0.508 e. The van der Waals surface area contributed by atoms with Gasteiger partial charge in [0, 0.05) is 23.6 Å². The number of nitrogens with zero attached hydrogens (tertiary/aromatic N) is 1. The Balaban J connectivity index is 1.65. The maximum absolute atomic E-state index is 13.9. The molecule has 1 fully saturated rings. The molecule has 41 heavy (non-hydrogen) atoms. The van der Waals surface area contributed by atoms with Crippen molar-refractivity contribution in [3.63, 3.8) is 0 Å². The van der Waals surface area contributed by atoms with Crippen LogP contribution in [0.15, 0.2) is 53.3 Å². The molecule has 0 spiro atoms. The molecule has 0 bridgehead atoms. The molecular weight excluding hydrogens is 530 g/mol. The minimum atomic E-state index is -2.68. The molecule has 2 aromatic carbocycles. The number of primary amides is 1. The van der Waals surface area contributed by atoms with Crippen molar-refractivity contribution >= 4 is 34.8 Å². The van der Waals surface area contributed by atoms with Crippen LogP contribution in [-0.2, 0) is 25.6 Å². The van der Waals surface area contributed by atoms with Crippen molar-refractivity contribution in [2.24, 2.45) is 17.6 Å². The van der Waals surface area contributed by atoms with E-state index in [2.05, 4.69) is 5.32 Å². The van der Waals surface area contributed by atoms with Crippen LogP contribution < -0.4 is 11.1 Å². The topological polar surface area (TPSA) is 190 Å². The Morgan fingerprint density at radius 2 is 1.73 bits per heavy atom. The second-order valence-corrected chi connectivity index (χ2v) is 10.9. The van der Waals surface area contributed by atoms with E-state index < -0.39 is 58.0 Å². The van der Waals surface area contributed by atoms with E-state index in [1.807, 2.05) is 0 Å². The zero-order valence-corrected chi connectivity index (χ0v) is 22.8. The Kier molecular flexibility index (Phi) is 6.75. The average Bonchev–Trinajstić information content (AvgIpc) is 2.91. The third-order valence-electron chi connectivity index (χ3n) is 8.40. The normalized spacial score (nSPS) is 25.5. The van der Waals surface area contributed by atoms with Gasteiger partial charge in [-0.05, 0) is 67.7 Å². The fourth-order valence-electron chi connectivity index (χ4n) is 6.50. The summed E-state index contributed by atoms with van der Waals surface area (Å²) in [6, 6.07) is 8.96. The highest BCUT2D eigenvalue weighted by atomic mass is 16.3. The summed E-state index contributed by atoms with van der Waals surface area (Å²) in [5, 5.41) is 47.6. The number of aliphatic hydroxyl groups excluding tert-OH is 2. The van der Waals surface area contributed by atoms with Gasteiger partial charge < -0.3 is 31.5 Å². The molecule has 3 aliphatic carbocycles. The number of likely N-dealkylation sites (N-methyl/N-ethyl adjacent to an activating group) is 1. The molecule has 1 saturated carbocycles. The van der Waals surface area contributed by atoms with E-state index in [4.69, 9.17) is 5.73 Å². The first-order chi connectivity index (χ1) is 19.3. The van der Waals surface area contributed by atoms with Gasteiger partial charge in [-0.1, -0.05) is 25.1 Å². The Bertz CT molecular complexity index is 1570. The van der Waals surface area contributed by atoms with E-state index in [9.17, 15) is 39.6 Å². The number of Topliss-reactive ketones (excluding diaryl/α,β-unsaturated/α-hetero) is 2. The summed E-state index contributed by atoms with van der Waals surface area (Å²) in [5.74, 6) is -7.06. The molecule has 0 unspecified atom stereocenters. The maximum Gasteiger partial charge on any atom is 0.255 e. The molecule has 4 atom stereocenters. The summed E-state index contributed by atoms with van der Waals surface area (Å²) in [6.45, 7) is 1.75. The van der Waals surface area contributed by atoms with Crippen molar-refractivity contribution in [1.29, 1.82) is 0 Å². The van der Waals surface area contributed by atoms with Crippen molar-refractivity contribution in [2.45, 2.75) is 37.8 Å². The van der Waals surface area contributed by atoms with Crippen LogP contribution in [0, 0.1) is 11.8 Å². The monoisotopic (exact) mass is 561 g/mol. The number of phenols is 1. The Morgan fingerprint density at radius 3 is 2.32 bits per heavy atom. The number of carbonyl (C=O) groups is 4. The number of aliphatic hydroxyl groups is 3. The first kappa shape index (κ1) is 28.1. The van der Waals surface area contributed by atoms with Gasteiger partial charge in [0.25, 0.3) is 5.91 Å². The number of phenolic OH excluding ortho intramolecular Hbond substituents is 1. The van der Waals surface area contributed by atoms with Gasteiger partial charge in [0.2, 0.25) is 11.7 Å². The number of ketones is 2. The van der Waals surface area contributed by atoms with Gasteiger partial charge in [0.05, 0.1) is 11.6 Å². The lowest BCUT2D eigenvalue weighted by Crippen LogP contribution is -2.65. The molecule has 5 rings (SSSR count). The summed E-state index contributed by atoms with van der Waals surface area (Å²) in [6.07, 6.45) is 0.504. The predicted molar refractivity (Wildman–Crippen MR) is 149 cm³/mol. The van der Waals surface area contributed by atoms with Crippen molar-refractivity contribution in [1.82, 2.24) is 4.90 Å². The van der Waals surface area contributed by atoms with Crippen LogP contribution in [0.5, 0.6) is 5.75 Å². The van der Waals surface area contributed by atoms with Gasteiger partial charge in [-0.25, -0.2) is 0 Å². The molecule has 11 heteroatoms. The number of rotatable bonds is 5. The summed E-state index contributed by atoms with van der Waals surface area (Å²) < 4.78 is 0. The number of aromatic hydroxyl groups is 1. The van der Waals surface area contributed by atoms with E-state index in [1.54, 1.807) is 51.4 Å². The number of hydrogen-bond donors (Lipinski definition) is 6. The molecule has 214 valence electrons. The number of amides is 2. The number of nitrogens with one attached hydrogen (secondary N) is 1. The van der Waals surface area contributed by atoms with Crippen LogP contribution >= 0.6 is 0 Å². The third-order valence-corrected chi connectivity index (χ3v) is 8.40. The molecule has 0 saturated heterocycles. The number of nitrogens with two attached hydrogens (primary N) is 1. The van der Waals surface area contributed by atoms with Crippen molar-refractivity contribution < 1.29 is 39.6 Å². The lowest BCUT2D eigenvalue weighted by atomic mass is 9.57. The molecule has 0 radical (unpaired) electrons. The van der Waals surface area contributed by atoms with E-state index in [1.165, 1.54) is 11.0 Å². The Hall–Kier alpha value is -4.48. The molecule has 11 nitrogen and oxygen atoms in total. The highest BCUT2D eigenvalue weighted by Gasteiger charge is 2.64. The third kappa shape index (κ3) is 4.11. The standard InChI is InChI=1S/C30H31N3O8/c1-4-20(35)32-15-7-5-13(6-8-15)16-9-10-19(34)22-17(16)11-14-12-18-24(33(2)3)26(37)23(29(31)40)28(39)30(18,41)27(38)21(14)25(22)36/h5-10,14,18,24,34,36,39,41H,4,11-12H2,1-3H3,(H2,31,40)(H,32,35)/t14-,18-,24-,30-/m1/s1. The van der Waals surface area contributed by atoms with Crippen molar-refractivity contribution in [3.05, 3.63) is 64.4 Å². The van der Waals surface area contributed by atoms with Crippen molar-refractivity contribution in [2.75, 3.05) is 19.4 Å². The first-order valence-corrected chi connectivity index (χ1v) is 13.2. The van der Waals surface area contributed by atoms with Crippen molar-refractivity contribution in [3.8, 4) is 16.9 Å². The van der Waals surface area contributed by atoms with Gasteiger partial charge in [-0.2, -0.15) is 0 Å². The van der Waals surface area contributed by atoms with Crippen LogP contribution in [-0.4, -0.2) is 74.4 Å². The summed E-state index contributed by atoms with van der Waals surface area (Å²) in [5.41, 5.74) is 4.20. The minimum absolute atomic E-state index is 0.00282. The molecule has 2 amide bonds. The van der Waals surface area contributed by atoms with Crippen LogP contribution in [0.2, 0.25) is 0 Å². The van der Waals surface area contributed by atoms with E-state index in [-0.39, 0.29) is 35.6 Å². The number of carbonyl (C=O) groups excluding carboxylic acids is 4. The van der Waals surface area contributed by atoms with Gasteiger partial charge in [0.15, 0.2) is 11.4 Å². The molecule has 0 heterocycles. The number of fused-ring (bicyclic) bond motifs is 3. The largest absolute Gasteiger partial charge is 0.508 e. The highest BCUT2D eigenvalue weighted by Crippen LogP contribution is 2.53. The van der Waals surface area contributed by atoms with E-state index in [0.717, 1.165) is 5.56 Å². The van der Waals surface area contributed by atoms with Gasteiger partial charge >= 0.3 is 0 Å². The van der Waals surface area contributed by atoms with Gasteiger partial charge in [-0.15, -0.1) is 0 Å². The zero-order chi connectivity index (χ0) is 30.0. The quantitative estimate of drug-likeness (QED) is 0.296. The SMILES string of the molecule is CCC(=O)Nc1ccc(-c2ccc(O)c3c2C[C@@H]2C[C@@H]4[C@@H](N(C)C)C(=O)C(C(N)=O)=C(O)[C@]4(O)C(=O)C2=C3O)cc1. The second-order valence-electron chi connectivity index (χ2n) is 10.9. The zero-order valence-electron chi connectivity index (χ0n) is 22.8. The molecule has 0 aliphatic heterocycles. The molecule has 3 aliphatic rings. The van der Waals surface area contributed by atoms with E-state index in [0.29, 0.717) is 23.2 Å². The molecule has 7 N–H and O–H groups in total. The smallest absolute Gasteiger partial charge is 0.255 e. The molecular formula is C30H31N3O8. The van der Waals surface area contributed by atoms with Crippen LogP contribution in [0.1, 0.15) is 30.9 Å². The lowest BCUT2D eigenvalue weighted by molar-refractivity contribution is -0.153. The lowest BCUT2D eigenvalue weighted by Gasteiger charge is -2.50. The summed E-state index contributed by atoms with van der Waals surface area (Å²) in [7, 11) is 3.10. The average molecular weight is 562 g/mol. The number of anilines is 1. The van der Waals surface area contributed by atoms with Crippen LogP contribution in [0.4, 0.5) is 5.69 Å². The van der Waals surface area contributed by atoms with Gasteiger partial charge in [-0.3, -0.25) is 24.1 Å². The van der Waals surface area contributed by atoms with Crippen LogP contribution in [0.25, 0.3) is 16.9 Å². The molecule has 2 aromatic rings. The molecule has 0 aromatic heterocycles. The highest BCUT2D eigenvalue weighted by molar-refractivity contribution is 6.24. The number of benzene rings is 2. The fourth-order valence-corrected chi connectivity index (χ4v) is 6.50. The fraction of sp³-hybridized carbons (Fsp3) is 0.333. The van der Waals surface area contributed by atoms with E-state index >= 15 is 0 Å². The predicted octanol–water partition coefficient (Wildman–Crippen LogP) is 1.98. The summed E-state index contributed by atoms with van der Waals surface area (Å²) in [4.78, 5) is 52.5.